The third-order valence-corrected chi connectivity index (χ3v) is 7.59. The molecular formula is C34H49N3O6. The van der Waals surface area contributed by atoms with Crippen LogP contribution in [-0.2, 0) is 16.1 Å². The van der Waals surface area contributed by atoms with Gasteiger partial charge in [-0.1, -0.05) is 38.8 Å². The largest absolute Gasteiger partial charge is 0.497 e. The van der Waals surface area contributed by atoms with Gasteiger partial charge in [0.05, 0.1) is 20.3 Å². The molecule has 0 aromatic heterocycles. The highest BCUT2D eigenvalue weighted by atomic mass is 16.6. The fraction of sp³-hybridized carbons (Fsp3) is 0.559. The van der Waals surface area contributed by atoms with Gasteiger partial charge < -0.3 is 24.4 Å². The van der Waals surface area contributed by atoms with Gasteiger partial charge in [-0.15, -0.1) is 0 Å². The Labute approximate surface area is 256 Å². The summed E-state index contributed by atoms with van der Waals surface area (Å²) in [6.45, 7) is 13.8. The summed E-state index contributed by atoms with van der Waals surface area (Å²) >= 11 is 0. The molecule has 236 valence electrons. The van der Waals surface area contributed by atoms with Gasteiger partial charge in [0, 0.05) is 42.7 Å². The lowest BCUT2D eigenvalue weighted by Crippen LogP contribution is -2.52. The monoisotopic (exact) mass is 595 g/mol. The van der Waals surface area contributed by atoms with Gasteiger partial charge in [0.15, 0.2) is 0 Å². The summed E-state index contributed by atoms with van der Waals surface area (Å²) < 4.78 is 16.8. The molecule has 9 heteroatoms. The summed E-state index contributed by atoms with van der Waals surface area (Å²) in [5, 5.41) is 3.08. The Hall–Kier alpha value is -3.75. The van der Waals surface area contributed by atoms with Crippen molar-refractivity contribution >= 4 is 17.9 Å². The highest BCUT2D eigenvalue weighted by molar-refractivity contribution is 5.94. The van der Waals surface area contributed by atoms with Gasteiger partial charge in [-0.2, -0.15) is 0 Å². The van der Waals surface area contributed by atoms with Crippen molar-refractivity contribution in [1.82, 2.24) is 15.1 Å². The quantitative estimate of drug-likeness (QED) is 0.287. The summed E-state index contributed by atoms with van der Waals surface area (Å²) in [6, 6.07) is 13.1. The minimum absolute atomic E-state index is 0.0679. The zero-order valence-corrected chi connectivity index (χ0v) is 26.9. The maximum Gasteiger partial charge on any atom is 0.411 e. The number of carbonyl (C=O) groups excluding carboxylic acids is 3. The van der Waals surface area contributed by atoms with Crippen LogP contribution in [-0.4, -0.2) is 73.2 Å². The standard InChI is InChI=1S/C34H49N3O6/c1-8-12-24(9-2)19-35-32(39)26-14-11-13-25(17-26)28-21-36(22-28)31(38)23-37(33(40)43-34(4,5)6)20-27-15-16-29(41-7)18-30(27)42-10-3/h11,13-18,24,28H,8-10,12,19-23H2,1-7H3,(H,35,39). The number of amides is 3. The number of hydrogen-bond donors (Lipinski definition) is 1. The number of nitrogens with zero attached hydrogens (tertiary/aromatic N) is 2. The molecule has 3 amide bonds. The molecule has 2 aromatic carbocycles. The van der Waals surface area contributed by atoms with E-state index < -0.39 is 11.7 Å². The number of nitrogens with one attached hydrogen (secondary N) is 1. The molecule has 1 aliphatic heterocycles. The van der Waals surface area contributed by atoms with Crippen LogP contribution in [0.2, 0.25) is 0 Å². The van der Waals surface area contributed by atoms with Gasteiger partial charge in [-0.05, 0) is 69.9 Å². The van der Waals surface area contributed by atoms with Crippen molar-refractivity contribution in [2.24, 2.45) is 5.92 Å². The Morgan fingerprint density at radius 2 is 1.81 bits per heavy atom. The minimum Gasteiger partial charge on any atom is -0.497 e. The van der Waals surface area contributed by atoms with Crippen LogP contribution in [0.25, 0.3) is 0 Å². The van der Waals surface area contributed by atoms with Crippen LogP contribution in [0.15, 0.2) is 42.5 Å². The SMILES string of the molecule is CCCC(CC)CNC(=O)c1cccc(C2CN(C(=O)CN(Cc3ccc(OC)cc3OCC)C(=O)OC(C)(C)C)C2)c1. The second kappa shape index (κ2) is 15.6. The van der Waals surface area contributed by atoms with Gasteiger partial charge >= 0.3 is 6.09 Å². The van der Waals surface area contributed by atoms with E-state index in [1.807, 2.05) is 37.3 Å². The molecule has 0 spiro atoms. The highest BCUT2D eigenvalue weighted by Gasteiger charge is 2.34. The summed E-state index contributed by atoms with van der Waals surface area (Å²) in [7, 11) is 1.58. The number of carbonyl (C=O) groups is 3. The van der Waals surface area contributed by atoms with Gasteiger partial charge in [-0.25, -0.2) is 4.79 Å². The summed E-state index contributed by atoms with van der Waals surface area (Å²) in [4.78, 5) is 42.5. The number of methoxy groups -OCH3 is 1. The van der Waals surface area contributed by atoms with Crippen molar-refractivity contribution in [3.63, 3.8) is 0 Å². The van der Waals surface area contributed by atoms with Crippen molar-refractivity contribution in [3.8, 4) is 11.5 Å². The summed E-state index contributed by atoms with van der Waals surface area (Å²) in [5.74, 6) is 1.61. The van der Waals surface area contributed by atoms with Gasteiger partial charge in [0.25, 0.3) is 5.91 Å². The maximum atomic E-state index is 13.4. The fourth-order valence-corrected chi connectivity index (χ4v) is 5.09. The van der Waals surface area contributed by atoms with Crippen LogP contribution >= 0.6 is 0 Å². The van der Waals surface area contributed by atoms with Crippen molar-refractivity contribution in [3.05, 3.63) is 59.2 Å². The molecule has 3 rings (SSSR count). The van der Waals surface area contributed by atoms with Crippen LogP contribution in [0, 0.1) is 5.92 Å². The van der Waals surface area contributed by atoms with Gasteiger partial charge in [0.1, 0.15) is 23.6 Å². The van der Waals surface area contributed by atoms with E-state index >= 15 is 0 Å². The molecule has 2 aromatic rings. The Bertz CT molecular complexity index is 1230. The van der Waals surface area contributed by atoms with E-state index in [2.05, 4.69) is 19.2 Å². The van der Waals surface area contributed by atoms with E-state index in [1.54, 1.807) is 44.9 Å². The van der Waals surface area contributed by atoms with Crippen LogP contribution in [0.3, 0.4) is 0 Å². The molecule has 0 radical (unpaired) electrons. The zero-order valence-electron chi connectivity index (χ0n) is 26.9. The second-order valence-electron chi connectivity index (χ2n) is 12.1. The van der Waals surface area contributed by atoms with Crippen LogP contribution in [0.1, 0.15) is 88.2 Å². The molecule has 43 heavy (non-hydrogen) atoms. The Balaban J connectivity index is 1.65. The van der Waals surface area contributed by atoms with Gasteiger partial charge in [-0.3, -0.25) is 14.5 Å². The third kappa shape index (κ3) is 9.90. The first kappa shape index (κ1) is 33.7. The molecule has 1 saturated heterocycles. The second-order valence-corrected chi connectivity index (χ2v) is 12.1. The Morgan fingerprint density at radius 1 is 1.07 bits per heavy atom. The first-order chi connectivity index (χ1) is 20.5. The van der Waals surface area contributed by atoms with E-state index in [-0.39, 0.29) is 30.8 Å². The van der Waals surface area contributed by atoms with Crippen molar-refractivity contribution in [2.45, 2.75) is 78.9 Å². The first-order valence-electron chi connectivity index (χ1n) is 15.4. The molecule has 1 atom stereocenters. The molecular weight excluding hydrogens is 546 g/mol. The van der Waals surface area contributed by atoms with E-state index in [4.69, 9.17) is 14.2 Å². The topological polar surface area (TPSA) is 97.4 Å². The zero-order chi connectivity index (χ0) is 31.6. The van der Waals surface area contributed by atoms with Crippen LogP contribution in [0.4, 0.5) is 4.79 Å². The molecule has 1 N–H and O–H groups in total. The Morgan fingerprint density at radius 3 is 2.44 bits per heavy atom. The first-order valence-corrected chi connectivity index (χ1v) is 15.4. The molecule has 0 aliphatic carbocycles. The van der Waals surface area contributed by atoms with Crippen molar-refractivity contribution in [2.75, 3.05) is 39.9 Å². The predicted octanol–water partition coefficient (Wildman–Crippen LogP) is 6.01. The number of hydrogen-bond acceptors (Lipinski definition) is 6. The molecule has 9 nitrogen and oxygen atoms in total. The maximum absolute atomic E-state index is 13.4. The van der Waals surface area contributed by atoms with E-state index in [0.29, 0.717) is 49.2 Å². The molecule has 1 unspecified atom stereocenters. The number of benzene rings is 2. The molecule has 0 saturated carbocycles. The normalized spacial score (nSPS) is 14.0. The molecule has 1 aliphatic rings. The van der Waals surface area contributed by atoms with Gasteiger partial charge in [0.2, 0.25) is 5.91 Å². The smallest absolute Gasteiger partial charge is 0.411 e. The van der Waals surface area contributed by atoms with Crippen LogP contribution in [0.5, 0.6) is 11.5 Å². The van der Waals surface area contributed by atoms with E-state index in [9.17, 15) is 14.4 Å². The van der Waals surface area contributed by atoms with Crippen molar-refractivity contribution < 1.29 is 28.6 Å². The lowest BCUT2D eigenvalue weighted by molar-refractivity contribution is -0.137. The third-order valence-electron chi connectivity index (χ3n) is 7.59. The molecule has 0 bridgehead atoms. The lowest BCUT2D eigenvalue weighted by atomic mass is 9.90. The molecule has 1 fully saturated rings. The summed E-state index contributed by atoms with van der Waals surface area (Å²) in [5.41, 5.74) is 1.70. The van der Waals surface area contributed by atoms with E-state index in [0.717, 1.165) is 30.4 Å². The minimum atomic E-state index is -0.715. The summed E-state index contributed by atoms with van der Waals surface area (Å²) in [6.07, 6.45) is 2.67. The average molecular weight is 596 g/mol. The number of likely N-dealkylation sites (tertiary alicyclic amines) is 1. The number of rotatable bonds is 14. The average Bonchev–Trinajstić information content (AvgIpc) is 2.94. The number of ether oxygens (including phenoxy) is 3. The lowest BCUT2D eigenvalue weighted by Gasteiger charge is -2.40. The Kier molecular flexibility index (Phi) is 12.3. The van der Waals surface area contributed by atoms with E-state index in [1.165, 1.54) is 4.90 Å². The predicted molar refractivity (Wildman–Crippen MR) is 168 cm³/mol. The van der Waals surface area contributed by atoms with Crippen molar-refractivity contribution in [1.29, 1.82) is 0 Å². The highest BCUT2D eigenvalue weighted by Crippen LogP contribution is 2.29. The molecule has 1 heterocycles. The fourth-order valence-electron chi connectivity index (χ4n) is 5.09. The van der Waals surface area contributed by atoms with Crippen LogP contribution < -0.4 is 14.8 Å².